The molecule has 7 nitrogen and oxygen atoms in total. The Labute approximate surface area is 147 Å². The first-order valence-corrected chi connectivity index (χ1v) is 8.44. The Hall–Kier alpha value is -2.22. The molecular formula is C16H17BrN4O3. The van der Waals surface area contributed by atoms with Gasteiger partial charge in [0, 0.05) is 16.4 Å². The van der Waals surface area contributed by atoms with Crippen molar-refractivity contribution in [1.29, 1.82) is 0 Å². The second-order valence-corrected chi connectivity index (χ2v) is 6.94. The number of benzene rings is 1. The van der Waals surface area contributed by atoms with Crippen molar-refractivity contribution in [2.24, 2.45) is 0 Å². The SMILES string of the molecule is O=C(Cn1cc(C(=O)O)nn1)NCC1(c2cccc(Br)c2)CCC1. The zero-order valence-electron chi connectivity index (χ0n) is 12.9. The van der Waals surface area contributed by atoms with E-state index in [4.69, 9.17) is 5.11 Å². The van der Waals surface area contributed by atoms with Crippen molar-refractivity contribution in [3.8, 4) is 0 Å². The second kappa shape index (κ2) is 6.72. The summed E-state index contributed by atoms with van der Waals surface area (Å²) in [5.41, 5.74) is 1.03. The average molecular weight is 393 g/mol. The van der Waals surface area contributed by atoms with Gasteiger partial charge in [-0.05, 0) is 30.5 Å². The normalized spacial score (nSPS) is 15.5. The van der Waals surface area contributed by atoms with E-state index in [-0.39, 0.29) is 23.6 Å². The Morgan fingerprint density at radius 1 is 1.38 bits per heavy atom. The first-order valence-electron chi connectivity index (χ1n) is 7.65. The maximum absolute atomic E-state index is 12.1. The summed E-state index contributed by atoms with van der Waals surface area (Å²) in [6, 6.07) is 8.18. The van der Waals surface area contributed by atoms with Crippen molar-refractivity contribution in [3.63, 3.8) is 0 Å². The van der Waals surface area contributed by atoms with Crippen molar-refractivity contribution < 1.29 is 14.7 Å². The third-order valence-corrected chi connectivity index (χ3v) is 4.93. The zero-order valence-corrected chi connectivity index (χ0v) is 14.5. The molecule has 1 aromatic carbocycles. The number of halogens is 1. The van der Waals surface area contributed by atoms with E-state index in [9.17, 15) is 9.59 Å². The van der Waals surface area contributed by atoms with Crippen LogP contribution in [0.3, 0.4) is 0 Å². The van der Waals surface area contributed by atoms with Crippen LogP contribution in [0.4, 0.5) is 0 Å². The number of hydrogen-bond acceptors (Lipinski definition) is 4. The quantitative estimate of drug-likeness (QED) is 0.782. The summed E-state index contributed by atoms with van der Waals surface area (Å²) < 4.78 is 2.26. The first kappa shape index (κ1) is 16.6. The number of carbonyl (C=O) groups is 2. The summed E-state index contributed by atoms with van der Waals surface area (Å²) in [6.07, 6.45) is 4.47. The second-order valence-electron chi connectivity index (χ2n) is 6.03. The number of aromatic nitrogens is 3. The Kier molecular flexibility index (Phi) is 4.66. The lowest BCUT2D eigenvalue weighted by atomic mass is 9.64. The summed E-state index contributed by atoms with van der Waals surface area (Å²) in [7, 11) is 0. The minimum atomic E-state index is -1.16. The Morgan fingerprint density at radius 3 is 2.75 bits per heavy atom. The van der Waals surface area contributed by atoms with E-state index < -0.39 is 5.97 Å². The van der Waals surface area contributed by atoms with E-state index in [1.165, 1.54) is 16.4 Å². The molecule has 0 radical (unpaired) electrons. The van der Waals surface area contributed by atoms with Crippen LogP contribution in [-0.2, 0) is 16.8 Å². The Bertz CT molecular complexity index is 770. The zero-order chi connectivity index (χ0) is 17.2. The third-order valence-electron chi connectivity index (χ3n) is 4.43. The van der Waals surface area contributed by atoms with Gasteiger partial charge in [0.25, 0.3) is 0 Å². The van der Waals surface area contributed by atoms with Crippen molar-refractivity contribution >= 4 is 27.8 Å². The van der Waals surface area contributed by atoms with Crippen molar-refractivity contribution in [2.45, 2.75) is 31.2 Å². The molecule has 0 atom stereocenters. The fraction of sp³-hybridized carbons (Fsp3) is 0.375. The summed E-state index contributed by atoms with van der Waals surface area (Å²) >= 11 is 3.49. The molecule has 0 aliphatic heterocycles. The maximum Gasteiger partial charge on any atom is 0.358 e. The van der Waals surface area contributed by atoms with E-state index in [1.54, 1.807) is 0 Å². The lowest BCUT2D eigenvalue weighted by Gasteiger charge is -2.42. The molecule has 3 rings (SSSR count). The number of amides is 1. The number of aromatic carboxylic acids is 1. The van der Waals surface area contributed by atoms with Crippen LogP contribution in [0.2, 0.25) is 0 Å². The highest BCUT2D eigenvalue weighted by Gasteiger charge is 2.38. The third kappa shape index (κ3) is 3.48. The monoisotopic (exact) mass is 392 g/mol. The molecule has 0 bridgehead atoms. The van der Waals surface area contributed by atoms with Crippen LogP contribution < -0.4 is 5.32 Å². The van der Waals surface area contributed by atoms with Gasteiger partial charge in [0.2, 0.25) is 5.91 Å². The van der Waals surface area contributed by atoms with Crippen LogP contribution in [0.25, 0.3) is 0 Å². The van der Waals surface area contributed by atoms with Gasteiger partial charge in [0.15, 0.2) is 5.69 Å². The fourth-order valence-corrected chi connectivity index (χ4v) is 3.33. The molecule has 1 aliphatic rings. The van der Waals surface area contributed by atoms with Gasteiger partial charge in [-0.1, -0.05) is 39.7 Å². The van der Waals surface area contributed by atoms with Crippen LogP contribution >= 0.6 is 15.9 Å². The molecule has 1 amide bonds. The fourth-order valence-electron chi connectivity index (χ4n) is 2.93. The molecule has 8 heteroatoms. The Balaban J connectivity index is 1.61. The molecule has 24 heavy (non-hydrogen) atoms. The number of hydrogen-bond donors (Lipinski definition) is 2. The Morgan fingerprint density at radius 2 is 2.17 bits per heavy atom. The van der Waals surface area contributed by atoms with E-state index >= 15 is 0 Å². The van der Waals surface area contributed by atoms with Gasteiger partial charge >= 0.3 is 5.97 Å². The minimum Gasteiger partial charge on any atom is -0.476 e. The van der Waals surface area contributed by atoms with Crippen LogP contribution in [0.15, 0.2) is 34.9 Å². The molecule has 2 aromatic rings. The van der Waals surface area contributed by atoms with E-state index in [2.05, 4.69) is 43.7 Å². The molecule has 1 saturated carbocycles. The number of nitrogens with zero attached hydrogens (tertiary/aromatic N) is 3. The maximum atomic E-state index is 12.1. The molecule has 1 aromatic heterocycles. The highest BCUT2D eigenvalue weighted by atomic mass is 79.9. The summed E-state index contributed by atoms with van der Waals surface area (Å²) in [5.74, 6) is -1.37. The largest absolute Gasteiger partial charge is 0.476 e. The van der Waals surface area contributed by atoms with E-state index in [0.29, 0.717) is 6.54 Å². The van der Waals surface area contributed by atoms with E-state index in [0.717, 1.165) is 23.7 Å². The molecular weight excluding hydrogens is 376 g/mol. The summed E-state index contributed by atoms with van der Waals surface area (Å²) in [5, 5.41) is 18.9. The van der Waals surface area contributed by atoms with Crippen molar-refractivity contribution in [2.75, 3.05) is 6.54 Å². The number of nitrogens with one attached hydrogen (secondary N) is 1. The molecule has 1 fully saturated rings. The first-order chi connectivity index (χ1) is 11.5. The molecule has 0 saturated heterocycles. The summed E-state index contributed by atoms with van der Waals surface area (Å²) in [6.45, 7) is 0.512. The number of carboxylic acid groups (broad SMARTS) is 1. The molecule has 1 aliphatic carbocycles. The lowest BCUT2D eigenvalue weighted by Crippen LogP contribution is -2.46. The molecule has 2 N–H and O–H groups in total. The van der Waals surface area contributed by atoms with Gasteiger partial charge < -0.3 is 10.4 Å². The number of carboxylic acids is 1. The predicted octanol–water partition coefficient (Wildman–Crippen LogP) is 1.98. The van der Waals surface area contributed by atoms with Crippen molar-refractivity contribution in [3.05, 3.63) is 46.2 Å². The van der Waals surface area contributed by atoms with Crippen molar-refractivity contribution in [1.82, 2.24) is 20.3 Å². The van der Waals surface area contributed by atoms with Crippen LogP contribution in [0, 0.1) is 0 Å². The van der Waals surface area contributed by atoms with Crippen LogP contribution in [0.1, 0.15) is 35.3 Å². The van der Waals surface area contributed by atoms with Crippen LogP contribution in [0.5, 0.6) is 0 Å². The number of carbonyl (C=O) groups excluding carboxylic acids is 1. The van der Waals surface area contributed by atoms with Gasteiger partial charge in [0.1, 0.15) is 6.54 Å². The van der Waals surface area contributed by atoms with Gasteiger partial charge in [-0.3, -0.25) is 4.79 Å². The predicted molar refractivity (Wildman–Crippen MR) is 89.7 cm³/mol. The molecule has 126 valence electrons. The number of rotatable bonds is 6. The highest BCUT2D eigenvalue weighted by Crippen LogP contribution is 2.43. The topological polar surface area (TPSA) is 97.1 Å². The highest BCUT2D eigenvalue weighted by molar-refractivity contribution is 9.10. The van der Waals surface area contributed by atoms with E-state index in [1.807, 2.05) is 12.1 Å². The minimum absolute atomic E-state index is 0.0198. The lowest BCUT2D eigenvalue weighted by molar-refractivity contribution is -0.122. The average Bonchev–Trinajstić information content (AvgIpc) is 2.95. The van der Waals surface area contributed by atoms with Gasteiger partial charge in [-0.2, -0.15) is 0 Å². The van der Waals surface area contributed by atoms with Gasteiger partial charge in [-0.15, -0.1) is 5.10 Å². The standard InChI is InChI=1S/C16H17BrN4O3/c17-12-4-1-3-11(7-12)16(5-2-6-16)10-18-14(22)9-21-8-13(15(23)24)19-20-21/h1,3-4,7-8H,2,5-6,9-10H2,(H,18,22)(H,23,24). The smallest absolute Gasteiger partial charge is 0.358 e. The van der Waals surface area contributed by atoms with Gasteiger partial charge in [0.05, 0.1) is 6.20 Å². The molecule has 1 heterocycles. The van der Waals surface area contributed by atoms with Gasteiger partial charge in [-0.25, -0.2) is 9.48 Å². The summed E-state index contributed by atoms with van der Waals surface area (Å²) in [4.78, 5) is 22.9. The molecule has 0 spiro atoms. The van der Waals surface area contributed by atoms with Crippen LogP contribution in [-0.4, -0.2) is 38.5 Å². The molecule has 0 unspecified atom stereocenters.